The summed E-state index contributed by atoms with van der Waals surface area (Å²) in [5, 5.41) is 10.3. The van der Waals surface area contributed by atoms with Crippen molar-refractivity contribution in [3.8, 4) is 0 Å². The Morgan fingerprint density at radius 2 is 2.11 bits per heavy atom. The van der Waals surface area contributed by atoms with Crippen LogP contribution in [-0.2, 0) is 19.4 Å². The Hall–Kier alpha value is -1.68. The van der Waals surface area contributed by atoms with Crippen LogP contribution in [0.1, 0.15) is 37.0 Å². The third-order valence-electron chi connectivity index (χ3n) is 3.14. The molecule has 2 heterocycles. The lowest BCUT2D eigenvalue weighted by Gasteiger charge is -2.14. The van der Waals surface area contributed by atoms with Crippen LogP contribution in [0.4, 0.5) is 0 Å². The Kier molecular flexibility index (Phi) is 4.10. The van der Waals surface area contributed by atoms with Gasteiger partial charge in [-0.25, -0.2) is 4.98 Å². The van der Waals surface area contributed by atoms with E-state index in [-0.39, 0.29) is 0 Å². The first-order valence-corrected chi connectivity index (χ1v) is 6.38. The van der Waals surface area contributed by atoms with Crippen LogP contribution in [0.15, 0.2) is 30.7 Å². The molecule has 0 aromatic carbocycles. The highest BCUT2D eigenvalue weighted by molar-refractivity contribution is 5.22. The minimum atomic E-state index is -0.589. The highest BCUT2D eigenvalue weighted by atomic mass is 16.3. The van der Waals surface area contributed by atoms with E-state index < -0.39 is 6.10 Å². The van der Waals surface area contributed by atoms with E-state index in [1.54, 1.807) is 12.4 Å². The lowest BCUT2D eigenvalue weighted by molar-refractivity contribution is 0.168. The second kappa shape index (κ2) is 5.78. The van der Waals surface area contributed by atoms with Crippen LogP contribution in [0.25, 0.3) is 0 Å². The Labute approximate surface area is 107 Å². The second-order valence-electron chi connectivity index (χ2n) is 4.25. The van der Waals surface area contributed by atoms with E-state index in [0.29, 0.717) is 6.42 Å². The van der Waals surface area contributed by atoms with Gasteiger partial charge in [-0.15, -0.1) is 0 Å². The minimum Gasteiger partial charge on any atom is -0.386 e. The summed E-state index contributed by atoms with van der Waals surface area (Å²) in [6, 6.07) is 3.92. The minimum absolute atomic E-state index is 0.505. The zero-order valence-corrected chi connectivity index (χ0v) is 10.9. The molecule has 18 heavy (non-hydrogen) atoms. The van der Waals surface area contributed by atoms with Crippen LogP contribution < -0.4 is 0 Å². The summed E-state index contributed by atoms with van der Waals surface area (Å²) in [5.41, 5.74) is 1.87. The van der Waals surface area contributed by atoms with Gasteiger partial charge >= 0.3 is 0 Å². The maximum absolute atomic E-state index is 10.3. The number of pyridine rings is 1. The van der Waals surface area contributed by atoms with Gasteiger partial charge < -0.3 is 9.67 Å². The maximum atomic E-state index is 10.3. The third kappa shape index (κ3) is 2.59. The van der Waals surface area contributed by atoms with Gasteiger partial charge in [-0.2, -0.15) is 0 Å². The number of nitrogens with zero attached hydrogens (tertiary/aromatic N) is 3. The van der Waals surface area contributed by atoms with Crippen molar-refractivity contribution in [1.29, 1.82) is 0 Å². The average Bonchev–Trinajstić information content (AvgIpc) is 2.85. The van der Waals surface area contributed by atoms with Crippen LogP contribution in [0.5, 0.6) is 0 Å². The quantitative estimate of drug-likeness (QED) is 0.878. The molecule has 4 heteroatoms. The maximum Gasteiger partial charge on any atom is 0.111 e. The van der Waals surface area contributed by atoms with E-state index >= 15 is 0 Å². The fourth-order valence-corrected chi connectivity index (χ4v) is 2.14. The summed E-state index contributed by atoms with van der Waals surface area (Å²) in [6.45, 7) is 5.00. The lowest BCUT2D eigenvalue weighted by Crippen LogP contribution is -2.11. The van der Waals surface area contributed by atoms with Crippen molar-refractivity contribution in [2.24, 2.45) is 0 Å². The SMILES string of the molecule is CCc1cccnc1C(O)Cc1nccn1CC. The van der Waals surface area contributed by atoms with Crippen molar-refractivity contribution >= 4 is 0 Å². The normalized spacial score (nSPS) is 12.6. The Morgan fingerprint density at radius 1 is 1.28 bits per heavy atom. The molecule has 0 saturated carbocycles. The Bertz CT molecular complexity index is 507. The number of aliphatic hydroxyl groups is 1. The smallest absolute Gasteiger partial charge is 0.111 e. The molecule has 2 rings (SSSR count). The van der Waals surface area contributed by atoms with Gasteiger partial charge in [0.25, 0.3) is 0 Å². The fourth-order valence-electron chi connectivity index (χ4n) is 2.14. The molecule has 2 aromatic rings. The predicted molar refractivity (Wildman–Crippen MR) is 70.2 cm³/mol. The lowest BCUT2D eigenvalue weighted by atomic mass is 10.0. The number of rotatable bonds is 5. The molecular weight excluding hydrogens is 226 g/mol. The molecule has 0 bridgehead atoms. The molecule has 2 aromatic heterocycles. The summed E-state index contributed by atoms with van der Waals surface area (Å²) in [7, 11) is 0. The molecular formula is C14H19N3O. The van der Waals surface area contributed by atoms with Gasteiger partial charge in [0.2, 0.25) is 0 Å². The highest BCUT2D eigenvalue weighted by Gasteiger charge is 2.15. The van der Waals surface area contributed by atoms with E-state index in [2.05, 4.69) is 23.8 Å². The zero-order chi connectivity index (χ0) is 13.0. The van der Waals surface area contributed by atoms with Crippen LogP contribution >= 0.6 is 0 Å². The van der Waals surface area contributed by atoms with Crippen LogP contribution in [0.3, 0.4) is 0 Å². The van der Waals surface area contributed by atoms with E-state index in [0.717, 1.165) is 30.0 Å². The van der Waals surface area contributed by atoms with Crippen molar-refractivity contribution in [2.75, 3.05) is 0 Å². The summed E-state index contributed by atoms with van der Waals surface area (Å²) < 4.78 is 2.04. The molecule has 1 atom stereocenters. The highest BCUT2D eigenvalue weighted by Crippen LogP contribution is 2.19. The zero-order valence-electron chi connectivity index (χ0n) is 10.9. The van der Waals surface area contributed by atoms with Gasteiger partial charge in [0.15, 0.2) is 0 Å². The van der Waals surface area contributed by atoms with Crippen LogP contribution in [-0.4, -0.2) is 19.6 Å². The Morgan fingerprint density at radius 3 is 2.83 bits per heavy atom. The molecule has 0 aliphatic rings. The van der Waals surface area contributed by atoms with Gasteiger partial charge in [0.05, 0.1) is 5.69 Å². The summed E-state index contributed by atoms with van der Waals surface area (Å²) >= 11 is 0. The number of imidazole rings is 1. The van der Waals surface area contributed by atoms with E-state index in [1.165, 1.54) is 0 Å². The van der Waals surface area contributed by atoms with Gasteiger partial charge in [-0.3, -0.25) is 4.98 Å². The van der Waals surface area contributed by atoms with Crippen LogP contribution in [0.2, 0.25) is 0 Å². The molecule has 0 radical (unpaired) electrons. The van der Waals surface area contributed by atoms with E-state index in [4.69, 9.17) is 0 Å². The summed E-state index contributed by atoms with van der Waals surface area (Å²) in [5.74, 6) is 0.901. The number of aliphatic hydroxyl groups excluding tert-OH is 1. The summed E-state index contributed by atoms with van der Waals surface area (Å²) in [4.78, 5) is 8.58. The Balaban J connectivity index is 2.19. The van der Waals surface area contributed by atoms with E-state index in [1.807, 2.05) is 22.9 Å². The molecule has 96 valence electrons. The van der Waals surface area contributed by atoms with Crippen molar-refractivity contribution in [3.63, 3.8) is 0 Å². The second-order valence-corrected chi connectivity index (χ2v) is 4.25. The first kappa shape index (κ1) is 12.8. The largest absolute Gasteiger partial charge is 0.386 e. The van der Waals surface area contributed by atoms with Gasteiger partial charge in [0, 0.05) is 31.6 Å². The standard InChI is InChI=1S/C14H19N3O/c1-3-11-6-5-7-16-14(11)12(18)10-13-15-8-9-17(13)4-2/h5-9,12,18H,3-4,10H2,1-2H3. The summed E-state index contributed by atoms with van der Waals surface area (Å²) in [6.07, 6.45) is 6.22. The number of hydrogen-bond acceptors (Lipinski definition) is 3. The monoisotopic (exact) mass is 245 g/mol. The van der Waals surface area contributed by atoms with Gasteiger partial charge in [0.1, 0.15) is 11.9 Å². The van der Waals surface area contributed by atoms with Crippen molar-refractivity contribution in [2.45, 2.75) is 39.3 Å². The molecule has 0 aliphatic carbocycles. The number of aromatic nitrogens is 3. The van der Waals surface area contributed by atoms with Crippen LogP contribution in [0, 0.1) is 0 Å². The molecule has 0 fully saturated rings. The predicted octanol–water partition coefficient (Wildman–Crippen LogP) is 2.14. The number of hydrogen-bond donors (Lipinski definition) is 1. The van der Waals surface area contributed by atoms with Gasteiger partial charge in [-0.05, 0) is 25.0 Å². The fraction of sp³-hybridized carbons (Fsp3) is 0.429. The van der Waals surface area contributed by atoms with Gasteiger partial charge in [-0.1, -0.05) is 13.0 Å². The van der Waals surface area contributed by atoms with E-state index in [9.17, 15) is 5.11 Å². The molecule has 0 spiro atoms. The molecule has 0 saturated heterocycles. The first-order chi connectivity index (χ1) is 8.76. The first-order valence-electron chi connectivity index (χ1n) is 6.38. The molecule has 4 nitrogen and oxygen atoms in total. The van der Waals surface area contributed by atoms with Crippen molar-refractivity contribution in [3.05, 3.63) is 47.8 Å². The van der Waals surface area contributed by atoms with Crippen molar-refractivity contribution in [1.82, 2.24) is 14.5 Å². The topological polar surface area (TPSA) is 50.9 Å². The van der Waals surface area contributed by atoms with Crippen molar-refractivity contribution < 1.29 is 5.11 Å². The molecule has 0 aliphatic heterocycles. The third-order valence-corrected chi connectivity index (χ3v) is 3.14. The average molecular weight is 245 g/mol. The molecule has 1 N–H and O–H groups in total. The molecule has 0 amide bonds. The molecule has 1 unspecified atom stereocenters. The number of aryl methyl sites for hydroxylation is 2.